The van der Waals surface area contributed by atoms with Gasteiger partial charge in [0.15, 0.2) is 0 Å². The Morgan fingerprint density at radius 3 is 2.43 bits per heavy atom. The highest BCUT2D eigenvalue weighted by atomic mass is 19.1. The van der Waals surface area contributed by atoms with Crippen LogP contribution in [0.3, 0.4) is 0 Å². The molecule has 0 N–H and O–H groups in total. The Hall–Kier alpha value is -2.61. The third kappa shape index (κ3) is 3.78. The summed E-state index contributed by atoms with van der Waals surface area (Å²) in [6.45, 7) is 1.79. The summed E-state index contributed by atoms with van der Waals surface area (Å²) in [5.41, 5.74) is 1.17. The Kier molecular flexibility index (Phi) is 4.72. The van der Waals surface area contributed by atoms with Gasteiger partial charge in [0.25, 0.3) is 0 Å². The molecular weight excluding hydrogens is 293 g/mol. The van der Waals surface area contributed by atoms with Crippen LogP contribution < -0.4 is 4.90 Å². The Balaban J connectivity index is 1.81. The third-order valence-electron chi connectivity index (χ3n) is 3.91. The lowest BCUT2D eigenvalue weighted by molar-refractivity contribution is 0.528. The summed E-state index contributed by atoms with van der Waals surface area (Å²) in [5.74, 6) is 0.687. The van der Waals surface area contributed by atoms with Crippen molar-refractivity contribution in [3.63, 3.8) is 0 Å². The molecule has 2 aromatic rings. The molecule has 0 spiro atoms. The van der Waals surface area contributed by atoms with E-state index in [0.717, 1.165) is 31.5 Å². The molecule has 5 heteroatoms. The van der Waals surface area contributed by atoms with Crippen molar-refractivity contribution >= 4 is 18.0 Å². The van der Waals surface area contributed by atoms with Crippen molar-refractivity contribution in [2.45, 2.75) is 25.7 Å². The predicted molar refractivity (Wildman–Crippen MR) is 87.2 cm³/mol. The molecule has 0 unspecified atom stereocenters. The summed E-state index contributed by atoms with van der Waals surface area (Å²) < 4.78 is 18.7. The number of rotatable bonds is 3. The number of hydrogen-bond acceptors (Lipinski definition) is 4. The molecule has 4 nitrogen and oxygen atoms in total. The molecule has 0 atom stereocenters. The fraction of sp³-hybridized carbons (Fsp3) is 0.333. The van der Waals surface area contributed by atoms with Gasteiger partial charge in [0.2, 0.25) is 17.5 Å². The minimum absolute atomic E-state index is 0.270. The predicted octanol–water partition coefficient (Wildman–Crippen LogP) is 4.24. The molecule has 2 heterocycles. The summed E-state index contributed by atoms with van der Waals surface area (Å²) in [5, 5.41) is 9.28. The molecule has 0 aliphatic carbocycles. The van der Waals surface area contributed by atoms with Crippen LogP contribution in [-0.4, -0.2) is 18.1 Å². The van der Waals surface area contributed by atoms with Crippen LogP contribution in [0.25, 0.3) is 12.2 Å². The first-order chi connectivity index (χ1) is 11.3. The minimum Gasteiger partial charge on any atom is -0.420 e. The SMILES string of the molecule is N#Cc1nc(/C=C/c2ccc(F)cc2)oc1N1CCCCCC1. The number of oxazole rings is 1. The quantitative estimate of drug-likeness (QED) is 0.851. The van der Waals surface area contributed by atoms with Crippen molar-refractivity contribution in [1.29, 1.82) is 5.26 Å². The van der Waals surface area contributed by atoms with E-state index in [4.69, 9.17) is 4.42 Å². The maximum atomic E-state index is 12.9. The van der Waals surface area contributed by atoms with Crippen molar-refractivity contribution in [3.05, 3.63) is 47.2 Å². The van der Waals surface area contributed by atoms with E-state index in [0.29, 0.717) is 17.5 Å². The molecule has 0 saturated carbocycles. The average molecular weight is 311 g/mol. The molecule has 118 valence electrons. The first-order valence-electron chi connectivity index (χ1n) is 7.86. The summed E-state index contributed by atoms with van der Waals surface area (Å²) in [4.78, 5) is 6.34. The third-order valence-corrected chi connectivity index (χ3v) is 3.91. The van der Waals surface area contributed by atoms with Gasteiger partial charge in [-0.15, -0.1) is 0 Å². The fourth-order valence-electron chi connectivity index (χ4n) is 2.70. The lowest BCUT2D eigenvalue weighted by Gasteiger charge is -2.18. The van der Waals surface area contributed by atoms with Crippen LogP contribution in [0.15, 0.2) is 28.7 Å². The molecule has 1 aromatic heterocycles. The molecule has 3 rings (SSSR count). The van der Waals surface area contributed by atoms with Crippen LogP contribution in [0.2, 0.25) is 0 Å². The molecule has 23 heavy (non-hydrogen) atoms. The number of anilines is 1. The topological polar surface area (TPSA) is 53.1 Å². The maximum Gasteiger partial charge on any atom is 0.235 e. The number of nitriles is 1. The van der Waals surface area contributed by atoms with Gasteiger partial charge in [-0.2, -0.15) is 10.2 Å². The first kappa shape index (κ1) is 15.3. The van der Waals surface area contributed by atoms with Crippen molar-refractivity contribution in [1.82, 2.24) is 4.98 Å². The van der Waals surface area contributed by atoms with Crippen LogP contribution in [0.1, 0.15) is 42.8 Å². The van der Waals surface area contributed by atoms with Gasteiger partial charge in [0, 0.05) is 19.2 Å². The summed E-state index contributed by atoms with van der Waals surface area (Å²) >= 11 is 0. The molecule has 1 aromatic carbocycles. The Morgan fingerprint density at radius 1 is 1.09 bits per heavy atom. The molecule has 0 amide bonds. The minimum atomic E-state index is -0.270. The van der Waals surface area contributed by atoms with Crippen molar-refractivity contribution in [3.8, 4) is 6.07 Å². The van der Waals surface area contributed by atoms with Crippen molar-refractivity contribution < 1.29 is 8.81 Å². The van der Waals surface area contributed by atoms with Crippen molar-refractivity contribution in [2.75, 3.05) is 18.0 Å². The summed E-state index contributed by atoms with van der Waals surface area (Å²) in [6, 6.07) is 8.26. The highest BCUT2D eigenvalue weighted by Crippen LogP contribution is 2.25. The zero-order valence-corrected chi connectivity index (χ0v) is 12.8. The number of hydrogen-bond donors (Lipinski definition) is 0. The second-order valence-electron chi connectivity index (χ2n) is 5.60. The van der Waals surface area contributed by atoms with E-state index in [1.165, 1.54) is 25.0 Å². The molecule has 1 aliphatic heterocycles. The first-order valence-corrected chi connectivity index (χ1v) is 7.86. The number of aromatic nitrogens is 1. The number of benzene rings is 1. The van der Waals surface area contributed by atoms with E-state index in [-0.39, 0.29) is 5.82 Å². The maximum absolute atomic E-state index is 12.9. The van der Waals surface area contributed by atoms with E-state index in [1.807, 2.05) is 0 Å². The van der Waals surface area contributed by atoms with E-state index < -0.39 is 0 Å². The Labute approximate surface area is 134 Å². The average Bonchev–Trinajstić information content (AvgIpc) is 2.79. The number of nitrogens with zero attached hydrogens (tertiary/aromatic N) is 3. The van der Waals surface area contributed by atoms with E-state index in [1.54, 1.807) is 24.3 Å². The highest BCUT2D eigenvalue weighted by Gasteiger charge is 2.19. The molecular formula is C18H18FN3O. The Morgan fingerprint density at radius 2 is 1.78 bits per heavy atom. The van der Waals surface area contributed by atoms with Gasteiger partial charge in [-0.05, 0) is 36.6 Å². The largest absolute Gasteiger partial charge is 0.420 e. The molecule has 0 bridgehead atoms. The number of halogens is 1. The van der Waals surface area contributed by atoms with Gasteiger partial charge in [-0.3, -0.25) is 0 Å². The van der Waals surface area contributed by atoms with Gasteiger partial charge in [-0.1, -0.05) is 25.0 Å². The van der Waals surface area contributed by atoms with E-state index in [9.17, 15) is 9.65 Å². The van der Waals surface area contributed by atoms with Crippen LogP contribution in [-0.2, 0) is 0 Å². The highest BCUT2D eigenvalue weighted by molar-refractivity contribution is 5.67. The Bertz CT molecular complexity index is 720. The van der Waals surface area contributed by atoms with Crippen LogP contribution in [0, 0.1) is 17.1 Å². The smallest absolute Gasteiger partial charge is 0.235 e. The molecule has 1 aliphatic rings. The van der Waals surface area contributed by atoms with Gasteiger partial charge in [0.1, 0.15) is 11.9 Å². The summed E-state index contributed by atoms with van der Waals surface area (Å²) in [7, 11) is 0. The second-order valence-corrected chi connectivity index (χ2v) is 5.60. The van der Waals surface area contributed by atoms with E-state index >= 15 is 0 Å². The van der Waals surface area contributed by atoms with Crippen LogP contribution in [0.4, 0.5) is 10.3 Å². The van der Waals surface area contributed by atoms with E-state index in [2.05, 4.69) is 16.0 Å². The zero-order chi connectivity index (χ0) is 16.1. The zero-order valence-electron chi connectivity index (χ0n) is 12.8. The van der Waals surface area contributed by atoms with Crippen LogP contribution >= 0.6 is 0 Å². The van der Waals surface area contributed by atoms with Gasteiger partial charge in [-0.25, -0.2) is 4.39 Å². The molecule has 1 fully saturated rings. The summed E-state index contributed by atoms with van der Waals surface area (Å²) in [6.07, 6.45) is 8.13. The molecule has 1 saturated heterocycles. The van der Waals surface area contributed by atoms with Gasteiger partial charge >= 0.3 is 0 Å². The lowest BCUT2D eigenvalue weighted by atomic mass is 10.2. The lowest BCUT2D eigenvalue weighted by Crippen LogP contribution is -2.24. The van der Waals surface area contributed by atoms with Gasteiger partial charge < -0.3 is 9.32 Å². The normalized spacial score (nSPS) is 15.6. The second kappa shape index (κ2) is 7.10. The fourth-order valence-corrected chi connectivity index (χ4v) is 2.70. The van der Waals surface area contributed by atoms with Crippen LogP contribution in [0.5, 0.6) is 0 Å². The van der Waals surface area contributed by atoms with Gasteiger partial charge in [0.05, 0.1) is 0 Å². The van der Waals surface area contributed by atoms with Crippen molar-refractivity contribution in [2.24, 2.45) is 0 Å². The standard InChI is InChI=1S/C18H18FN3O/c19-15-8-5-14(6-9-15)7-10-17-21-16(13-20)18(23-17)22-11-3-1-2-4-12-22/h5-10H,1-4,11-12H2/b10-7+. The molecule has 0 radical (unpaired) electrons. The monoisotopic (exact) mass is 311 g/mol.